The summed E-state index contributed by atoms with van der Waals surface area (Å²) in [5.74, 6) is -0.0730. The molecule has 0 radical (unpaired) electrons. The fraction of sp³-hybridized carbons (Fsp3) is 0.182. The van der Waals surface area contributed by atoms with Crippen LogP contribution in [-0.2, 0) is 16.0 Å². The lowest BCUT2D eigenvalue weighted by Gasteiger charge is -2.10. The van der Waals surface area contributed by atoms with E-state index in [9.17, 15) is 9.59 Å². The Hall–Kier alpha value is -3.34. The van der Waals surface area contributed by atoms with Crippen molar-refractivity contribution in [2.24, 2.45) is 0 Å². The molecule has 2 N–H and O–H groups in total. The molecule has 138 valence electrons. The van der Waals surface area contributed by atoms with Gasteiger partial charge in [0.1, 0.15) is 5.75 Å². The van der Waals surface area contributed by atoms with E-state index < -0.39 is 5.91 Å². The molecular weight excluding hydrogens is 340 g/mol. The molecule has 3 aromatic rings. The molecule has 0 saturated carbocycles. The van der Waals surface area contributed by atoms with Crippen LogP contribution in [0.3, 0.4) is 0 Å². The maximum absolute atomic E-state index is 12.0. The van der Waals surface area contributed by atoms with Gasteiger partial charge < -0.3 is 4.74 Å². The van der Waals surface area contributed by atoms with Crippen LogP contribution in [0.4, 0.5) is 0 Å². The summed E-state index contributed by atoms with van der Waals surface area (Å²) in [6.07, 6.45) is 0.184. The van der Waals surface area contributed by atoms with E-state index in [4.69, 9.17) is 4.74 Å². The SMILES string of the molecule is Cc1cc(C)cc(OCC(=O)NNC(=O)Cc2ccc3ccccc3c2)c1. The number of nitrogens with one attached hydrogen (secondary N) is 2. The van der Waals surface area contributed by atoms with Gasteiger partial charge in [0.15, 0.2) is 6.61 Å². The molecule has 0 heterocycles. The summed E-state index contributed by atoms with van der Waals surface area (Å²) >= 11 is 0. The fourth-order valence-electron chi connectivity index (χ4n) is 2.92. The maximum atomic E-state index is 12.0. The molecule has 0 saturated heterocycles. The lowest BCUT2D eigenvalue weighted by Crippen LogP contribution is -2.44. The van der Waals surface area contributed by atoms with Gasteiger partial charge in [-0.15, -0.1) is 0 Å². The van der Waals surface area contributed by atoms with E-state index >= 15 is 0 Å². The van der Waals surface area contributed by atoms with Crippen molar-refractivity contribution >= 4 is 22.6 Å². The number of benzene rings is 3. The van der Waals surface area contributed by atoms with E-state index in [0.717, 1.165) is 27.5 Å². The first-order valence-corrected chi connectivity index (χ1v) is 8.76. The van der Waals surface area contributed by atoms with Crippen molar-refractivity contribution < 1.29 is 14.3 Å². The minimum Gasteiger partial charge on any atom is -0.484 e. The Morgan fingerprint density at radius 1 is 0.815 bits per heavy atom. The van der Waals surface area contributed by atoms with Gasteiger partial charge in [-0.2, -0.15) is 0 Å². The topological polar surface area (TPSA) is 67.4 Å². The Balaban J connectivity index is 1.47. The number of hydrogen-bond donors (Lipinski definition) is 2. The first-order valence-electron chi connectivity index (χ1n) is 8.76. The Kier molecular flexibility index (Phi) is 5.71. The summed E-state index contributed by atoms with van der Waals surface area (Å²) in [4.78, 5) is 23.9. The first-order chi connectivity index (χ1) is 13.0. The summed E-state index contributed by atoms with van der Waals surface area (Å²) < 4.78 is 5.46. The summed E-state index contributed by atoms with van der Waals surface area (Å²) in [6, 6.07) is 19.6. The van der Waals surface area contributed by atoms with Gasteiger partial charge in [0.2, 0.25) is 5.91 Å². The van der Waals surface area contributed by atoms with Gasteiger partial charge in [-0.25, -0.2) is 0 Å². The van der Waals surface area contributed by atoms with Crippen molar-refractivity contribution in [2.75, 3.05) is 6.61 Å². The molecule has 27 heavy (non-hydrogen) atoms. The van der Waals surface area contributed by atoms with E-state index in [1.807, 2.05) is 74.5 Å². The van der Waals surface area contributed by atoms with Crippen molar-refractivity contribution in [3.05, 3.63) is 77.4 Å². The second-order valence-corrected chi connectivity index (χ2v) is 6.57. The van der Waals surface area contributed by atoms with Crippen LogP contribution in [0, 0.1) is 13.8 Å². The highest BCUT2D eigenvalue weighted by molar-refractivity contribution is 5.86. The second kappa shape index (κ2) is 8.36. The number of carbonyl (C=O) groups excluding carboxylic acids is 2. The molecule has 0 unspecified atom stereocenters. The Morgan fingerprint density at radius 2 is 1.48 bits per heavy atom. The van der Waals surface area contributed by atoms with Gasteiger partial charge in [0.25, 0.3) is 5.91 Å². The van der Waals surface area contributed by atoms with Crippen molar-refractivity contribution in [3.8, 4) is 5.75 Å². The monoisotopic (exact) mass is 362 g/mol. The van der Waals surface area contributed by atoms with Gasteiger partial charge in [0, 0.05) is 0 Å². The number of ether oxygens (including phenoxy) is 1. The number of fused-ring (bicyclic) bond motifs is 1. The molecule has 0 aliphatic heterocycles. The molecule has 0 bridgehead atoms. The predicted molar refractivity (Wildman–Crippen MR) is 105 cm³/mol. The van der Waals surface area contributed by atoms with E-state index in [1.165, 1.54) is 0 Å². The average molecular weight is 362 g/mol. The van der Waals surface area contributed by atoms with Crippen molar-refractivity contribution in [2.45, 2.75) is 20.3 Å². The van der Waals surface area contributed by atoms with Crippen LogP contribution in [0.25, 0.3) is 10.8 Å². The van der Waals surface area contributed by atoms with Crippen LogP contribution in [0.15, 0.2) is 60.7 Å². The molecule has 3 rings (SSSR count). The first kappa shape index (κ1) is 18.5. The van der Waals surface area contributed by atoms with Crippen LogP contribution >= 0.6 is 0 Å². The minimum atomic E-state index is -0.416. The highest BCUT2D eigenvalue weighted by Crippen LogP contribution is 2.16. The van der Waals surface area contributed by atoms with E-state index in [-0.39, 0.29) is 18.9 Å². The van der Waals surface area contributed by atoms with Gasteiger partial charge in [-0.1, -0.05) is 48.5 Å². The Morgan fingerprint density at radius 3 is 2.22 bits per heavy atom. The summed E-state index contributed by atoms with van der Waals surface area (Å²) in [5, 5.41) is 2.20. The molecule has 2 amide bonds. The molecule has 0 fully saturated rings. The standard InChI is InChI=1S/C22H22N2O3/c1-15-9-16(2)11-20(10-15)27-14-22(26)24-23-21(25)13-17-7-8-18-5-3-4-6-19(18)12-17/h3-12H,13-14H2,1-2H3,(H,23,25)(H,24,26). The third-order valence-electron chi connectivity index (χ3n) is 4.09. The zero-order valence-corrected chi connectivity index (χ0v) is 15.4. The third-order valence-corrected chi connectivity index (χ3v) is 4.09. The van der Waals surface area contributed by atoms with E-state index in [1.54, 1.807) is 0 Å². The smallest absolute Gasteiger partial charge is 0.276 e. The Bertz CT molecular complexity index is 962. The highest BCUT2D eigenvalue weighted by Gasteiger charge is 2.08. The highest BCUT2D eigenvalue weighted by atomic mass is 16.5. The molecule has 0 aromatic heterocycles. The van der Waals surface area contributed by atoms with Crippen molar-refractivity contribution in [3.63, 3.8) is 0 Å². The van der Waals surface area contributed by atoms with Crippen LogP contribution in [0.1, 0.15) is 16.7 Å². The molecule has 0 spiro atoms. The van der Waals surface area contributed by atoms with Gasteiger partial charge >= 0.3 is 0 Å². The molecular formula is C22H22N2O3. The lowest BCUT2D eigenvalue weighted by atomic mass is 10.1. The molecule has 5 nitrogen and oxygen atoms in total. The van der Waals surface area contributed by atoms with Gasteiger partial charge in [-0.3, -0.25) is 20.4 Å². The normalized spacial score (nSPS) is 10.4. The zero-order chi connectivity index (χ0) is 19.2. The average Bonchev–Trinajstić information content (AvgIpc) is 2.64. The number of hydrazine groups is 1. The van der Waals surface area contributed by atoms with E-state index in [2.05, 4.69) is 10.9 Å². The summed E-state index contributed by atoms with van der Waals surface area (Å²) in [6.45, 7) is 3.76. The number of amides is 2. The Labute approximate surface area is 158 Å². The number of carbonyl (C=O) groups is 2. The number of aryl methyl sites for hydroxylation is 2. The van der Waals surface area contributed by atoms with Gasteiger partial charge in [-0.05, 0) is 53.4 Å². The summed E-state index contributed by atoms with van der Waals surface area (Å²) in [5.41, 5.74) is 7.80. The van der Waals surface area contributed by atoms with Crippen LogP contribution in [0.5, 0.6) is 5.75 Å². The van der Waals surface area contributed by atoms with Crippen LogP contribution < -0.4 is 15.6 Å². The second-order valence-electron chi connectivity index (χ2n) is 6.57. The fourth-order valence-corrected chi connectivity index (χ4v) is 2.92. The minimum absolute atomic E-state index is 0.168. The van der Waals surface area contributed by atoms with Gasteiger partial charge in [0.05, 0.1) is 6.42 Å². The predicted octanol–water partition coefficient (Wildman–Crippen LogP) is 3.23. The van der Waals surface area contributed by atoms with Crippen LogP contribution in [0.2, 0.25) is 0 Å². The lowest BCUT2D eigenvalue weighted by molar-refractivity contribution is -0.129. The molecule has 5 heteroatoms. The summed E-state index contributed by atoms with van der Waals surface area (Å²) in [7, 11) is 0. The quantitative estimate of drug-likeness (QED) is 0.685. The number of hydrogen-bond acceptors (Lipinski definition) is 3. The maximum Gasteiger partial charge on any atom is 0.276 e. The largest absolute Gasteiger partial charge is 0.484 e. The van der Waals surface area contributed by atoms with Crippen molar-refractivity contribution in [1.82, 2.24) is 10.9 Å². The molecule has 3 aromatic carbocycles. The molecule has 0 aliphatic rings. The molecule has 0 aliphatic carbocycles. The number of rotatable bonds is 5. The van der Waals surface area contributed by atoms with Crippen LogP contribution in [-0.4, -0.2) is 18.4 Å². The van der Waals surface area contributed by atoms with Crippen molar-refractivity contribution in [1.29, 1.82) is 0 Å². The third kappa shape index (κ3) is 5.31. The molecule has 0 atom stereocenters. The zero-order valence-electron chi connectivity index (χ0n) is 15.4. The van der Waals surface area contributed by atoms with E-state index in [0.29, 0.717) is 5.75 Å².